The van der Waals surface area contributed by atoms with Gasteiger partial charge in [0.1, 0.15) is 6.54 Å². The first-order valence-corrected chi connectivity index (χ1v) is 19.7. The van der Waals surface area contributed by atoms with Gasteiger partial charge in [0.15, 0.2) is 0 Å². The first kappa shape index (κ1) is 32.1. The SMILES string of the molecule is CCC(=CC1=[N+](CCCS(=O)(=O)O)C23C(=CC=C4C=CC=CC42)C=CC=C3S1)C=C1Sc2ccccc2N1CCCS(=O)(=O)O. The van der Waals surface area contributed by atoms with Crippen LogP contribution in [0.5, 0.6) is 0 Å². The van der Waals surface area contributed by atoms with E-state index in [1.165, 1.54) is 10.5 Å². The van der Waals surface area contributed by atoms with Crippen LogP contribution in [0, 0.1) is 5.92 Å². The Hall–Kier alpha value is -2.87. The van der Waals surface area contributed by atoms with Crippen LogP contribution in [0.2, 0.25) is 0 Å². The fourth-order valence-corrected chi connectivity index (χ4v) is 10.1. The molecule has 0 fully saturated rings. The molecule has 0 radical (unpaired) electrons. The van der Waals surface area contributed by atoms with Crippen molar-refractivity contribution in [3.8, 4) is 0 Å². The molecule has 0 bridgehead atoms. The van der Waals surface area contributed by atoms with Gasteiger partial charge in [-0.1, -0.05) is 79.4 Å². The molecule has 45 heavy (non-hydrogen) atoms. The predicted octanol–water partition coefficient (Wildman–Crippen LogP) is 6.29. The van der Waals surface area contributed by atoms with Crippen LogP contribution >= 0.6 is 23.5 Å². The number of fused-ring (bicyclic) bond motifs is 2. The standard InChI is InChI=1S/C33H34N2O6S4/c1-2-24(22-31-34(18-8-20-44(36,37)38)28-13-5-6-14-29(28)42-31)23-32-35(19-9-21-45(39,40)41)33-26(11-7-15-30(33)43-32)17-16-25-10-3-4-12-27(25)33/h3-7,10-17,22-23,27H,2,8-9,18-21H2,1H3,(H-,36,37,38,39,40,41)/p+1. The maximum atomic E-state index is 11.7. The number of hydrogen-bond donors (Lipinski definition) is 2. The molecule has 2 atom stereocenters. The summed E-state index contributed by atoms with van der Waals surface area (Å²) in [5, 5.41) is 1.98. The second-order valence-electron chi connectivity index (χ2n) is 11.3. The normalized spacial score (nSPS) is 24.7. The summed E-state index contributed by atoms with van der Waals surface area (Å²) in [5.74, 6) is -0.601. The Morgan fingerprint density at radius 1 is 0.978 bits per heavy atom. The smallest absolute Gasteiger partial charge is 0.265 e. The Bertz CT molecular complexity index is 1910. The summed E-state index contributed by atoms with van der Waals surface area (Å²) in [6.45, 7) is 2.96. The Morgan fingerprint density at radius 2 is 1.76 bits per heavy atom. The number of allylic oxidation sites excluding steroid dienone is 9. The fourth-order valence-electron chi connectivity index (χ4n) is 6.50. The number of rotatable bonds is 11. The van der Waals surface area contributed by atoms with Crippen LogP contribution < -0.4 is 4.90 Å². The van der Waals surface area contributed by atoms with E-state index >= 15 is 0 Å². The average Bonchev–Trinajstić information content (AvgIpc) is 3.50. The largest absolute Gasteiger partial charge is 0.335 e. The third kappa shape index (κ3) is 6.54. The van der Waals surface area contributed by atoms with Crippen molar-refractivity contribution in [3.63, 3.8) is 0 Å². The number of hydrogen-bond acceptors (Lipinski definition) is 7. The Morgan fingerprint density at radius 3 is 2.53 bits per heavy atom. The highest BCUT2D eigenvalue weighted by molar-refractivity contribution is 8.17. The molecule has 1 spiro atoms. The van der Waals surface area contributed by atoms with Gasteiger partial charge in [0.2, 0.25) is 10.6 Å². The van der Waals surface area contributed by atoms with E-state index < -0.39 is 25.8 Å². The van der Waals surface area contributed by atoms with Crippen molar-refractivity contribution in [1.29, 1.82) is 0 Å². The van der Waals surface area contributed by atoms with Crippen molar-refractivity contribution in [2.75, 3.05) is 29.5 Å². The van der Waals surface area contributed by atoms with Gasteiger partial charge in [-0.25, -0.2) is 4.58 Å². The number of thioether (sulfide) groups is 2. The van der Waals surface area contributed by atoms with Gasteiger partial charge in [-0.05, 0) is 60.0 Å². The van der Waals surface area contributed by atoms with Gasteiger partial charge in [-0.15, -0.1) is 0 Å². The van der Waals surface area contributed by atoms with E-state index in [9.17, 15) is 25.9 Å². The lowest BCUT2D eigenvalue weighted by atomic mass is 9.67. The number of para-hydroxylation sites is 1. The van der Waals surface area contributed by atoms with E-state index in [0.29, 0.717) is 13.1 Å². The summed E-state index contributed by atoms with van der Waals surface area (Å²) in [4.78, 5) is 4.35. The molecule has 6 rings (SSSR count). The van der Waals surface area contributed by atoms with E-state index in [4.69, 9.17) is 0 Å². The van der Waals surface area contributed by atoms with E-state index in [0.717, 1.165) is 38.2 Å². The molecule has 2 heterocycles. The van der Waals surface area contributed by atoms with Gasteiger partial charge in [0, 0.05) is 29.5 Å². The lowest BCUT2D eigenvalue weighted by Gasteiger charge is -2.39. The average molecular weight is 684 g/mol. The minimum Gasteiger partial charge on any atom is -0.335 e. The molecule has 8 nitrogen and oxygen atoms in total. The molecule has 12 heteroatoms. The molecule has 1 aromatic carbocycles. The van der Waals surface area contributed by atoms with Crippen LogP contribution in [0.4, 0.5) is 5.69 Å². The molecule has 0 saturated heterocycles. The minimum atomic E-state index is -4.12. The highest BCUT2D eigenvalue weighted by Gasteiger charge is 2.61. The zero-order chi connectivity index (χ0) is 31.8. The molecular weight excluding hydrogens is 649 g/mol. The third-order valence-corrected chi connectivity index (χ3v) is 12.4. The van der Waals surface area contributed by atoms with Crippen LogP contribution in [0.1, 0.15) is 26.2 Å². The zero-order valence-electron chi connectivity index (χ0n) is 24.7. The molecular formula is C33H35N2O6S4+. The Kier molecular flexibility index (Phi) is 9.08. The Balaban J connectivity index is 1.42. The molecule has 0 amide bonds. The fraction of sp³-hybridized carbons (Fsp3) is 0.303. The van der Waals surface area contributed by atoms with Crippen molar-refractivity contribution < 1.29 is 30.5 Å². The topological polar surface area (TPSA) is 115 Å². The van der Waals surface area contributed by atoms with Crippen LogP contribution in [0.15, 0.2) is 123 Å². The molecule has 5 aliphatic rings. The van der Waals surface area contributed by atoms with E-state index in [1.807, 2.05) is 30.3 Å². The van der Waals surface area contributed by atoms with Crippen molar-refractivity contribution in [1.82, 2.24) is 0 Å². The summed E-state index contributed by atoms with van der Waals surface area (Å²) in [6.07, 6.45) is 24.7. The summed E-state index contributed by atoms with van der Waals surface area (Å²) in [7, 11) is -8.18. The highest BCUT2D eigenvalue weighted by atomic mass is 32.2. The maximum Gasteiger partial charge on any atom is 0.265 e. The van der Waals surface area contributed by atoms with E-state index in [1.54, 1.807) is 23.5 Å². The van der Waals surface area contributed by atoms with Gasteiger partial charge in [0.25, 0.3) is 20.2 Å². The van der Waals surface area contributed by atoms with E-state index in [-0.39, 0.29) is 30.3 Å². The molecule has 3 aliphatic carbocycles. The van der Waals surface area contributed by atoms with Gasteiger partial charge in [0.05, 0.1) is 33.0 Å². The monoisotopic (exact) mass is 683 g/mol. The summed E-state index contributed by atoms with van der Waals surface area (Å²) < 4.78 is 67.5. The third-order valence-electron chi connectivity index (χ3n) is 8.44. The number of nitrogens with zero attached hydrogens (tertiary/aromatic N) is 2. The molecule has 2 aliphatic heterocycles. The number of benzene rings is 1. The molecule has 2 N–H and O–H groups in total. The molecule has 0 aromatic heterocycles. The lowest BCUT2D eigenvalue weighted by molar-refractivity contribution is -0.586. The van der Waals surface area contributed by atoms with Crippen molar-refractivity contribution in [3.05, 3.63) is 118 Å². The van der Waals surface area contributed by atoms with Crippen molar-refractivity contribution in [2.45, 2.75) is 36.6 Å². The Labute approximate surface area is 273 Å². The van der Waals surface area contributed by atoms with Gasteiger partial charge >= 0.3 is 0 Å². The molecule has 0 saturated carbocycles. The molecule has 1 aromatic rings. The first-order valence-electron chi connectivity index (χ1n) is 14.8. The van der Waals surface area contributed by atoms with E-state index in [2.05, 4.69) is 77.2 Å². The number of anilines is 1. The van der Waals surface area contributed by atoms with Gasteiger partial charge in [-0.2, -0.15) is 16.8 Å². The summed E-state index contributed by atoms with van der Waals surface area (Å²) in [5.41, 5.74) is 3.87. The van der Waals surface area contributed by atoms with Crippen LogP contribution in [-0.4, -0.2) is 65.7 Å². The second kappa shape index (κ2) is 12.7. The molecule has 236 valence electrons. The quantitative estimate of drug-likeness (QED) is 0.205. The maximum absolute atomic E-state index is 11.7. The van der Waals surface area contributed by atoms with Crippen LogP contribution in [0.25, 0.3) is 0 Å². The minimum absolute atomic E-state index is 0.0319. The van der Waals surface area contributed by atoms with Crippen molar-refractivity contribution >= 4 is 54.5 Å². The van der Waals surface area contributed by atoms with Crippen LogP contribution in [0.3, 0.4) is 0 Å². The lowest BCUT2D eigenvalue weighted by Crippen LogP contribution is -2.51. The zero-order valence-corrected chi connectivity index (χ0v) is 28.0. The first-order chi connectivity index (χ1) is 21.5. The van der Waals surface area contributed by atoms with Crippen LogP contribution in [-0.2, 0) is 20.2 Å². The highest BCUT2D eigenvalue weighted by Crippen LogP contribution is 2.55. The summed E-state index contributed by atoms with van der Waals surface area (Å²) >= 11 is 3.32. The van der Waals surface area contributed by atoms with Gasteiger partial charge in [-0.3, -0.25) is 9.11 Å². The summed E-state index contributed by atoms with van der Waals surface area (Å²) in [6, 6.07) is 8.00. The predicted molar refractivity (Wildman–Crippen MR) is 184 cm³/mol. The van der Waals surface area contributed by atoms with Gasteiger partial charge < -0.3 is 4.90 Å². The molecule has 2 unspecified atom stereocenters. The second-order valence-corrected chi connectivity index (χ2v) is 16.6. The van der Waals surface area contributed by atoms with Crippen molar-refractivity contribution in [2.24, 2.45) is 5.92 Å².